The van der Waals surface area contributed by atoms with Gasteiger partial charge in [-0.1, -0.05) is 6.07 Å². The fourth-order valence-corrected chi connectivity index (χ4v) is 2.02. The minimum Gasteiger partial charge on any atom is -0.504 e. The Kier molecular flexibility index (Phi) is 3.07. The van der Waals surface area contributed by atoms with Crippen molar-refractivity contribution in [2.45, 2.75) is 6.10 Å². The number of aliphatic hydroxyl groups is 1. The standard InChI is InChI=1S/C11H11NO3S/c1-15-9-6-7(2-3-8(9)13)10(14)11-12-4-5-16-11/h2-6,10,13-14H,1H3/t10-/m0/s1. The van der Waals surface area contributed by atoms with E-state index in [4.69, 9.17) is 4.74 Å². The van der Waals surface area contributed by atoms with Crippen molar-refractivity contribution in [1.29, 1.82) is 0 Å². The lowest BCUT2D eigenvalue weighted by Crippen LogP contribution is -1.99. The summed E-state index contributed by atoms with van der Waals surface area (Å²) in [5, 5.41) is 21.9. The zero-order valence-electron chi connectivity index (χ0n) is 8.62. The number of aromatic nitrogens is 1. The van der Waals surface area contributed by atoms with Crippen LogP contribution >= 0.6 is 11.3 Å². The van der Waals surface area contributed by atoms with Crippen LogP contribution < -0.4 is 4.74 Å². The zero-order chi connectivity index (χ0) is 11.5. The Bertz CT molecular complexity index is 470. The Morgan fingerprint density at radius 3 is 2.88 bits per heavy atom. The van der Waals surface area contributed by atoms with Crippen LogP contribution in [0.5, 0.6) is 11.5 Å². The van der Waals surface area contributed by atoms with Gasteiger partial charge in [-0.2, -0.15) is 0 Å². The highest BCUT2D eigenvalue weighted by molar-refractivity contribution is 7.09. The number of hydrogen-bond acceptors (Lipinski definition) is 5. The summed E-state index contributed by atoms with van der Waals surface area (Å²) < 4.78 is 4.98. The number of rotatable bonds is 3. The van der Waals surface area contributed by atoms with Gasteiger partial charge in [0.25, 0.3) is 0 Å². The molecule has 2 rings (SSSR count). The first-order valence-electron chi connectivity index (χ1n) is 4.66. The van der Waals surface area contributed by atoms with E-state index in [0.29, 0.717) is 16.3 Å². The van der Waals surface area contributed by atoms with Crippen LogP contribution in [0, 0.1) is 0 Å². The van der Waals surface area contributed by atoms with Crippen LogP contribution in [0.2, 0.25) is 0 Å². The highest BCUT2D eigenvalue weighted by Crippen LogP contribution is 2.31. The van der Waals surface area contributed by atoms with E-state index in [1.807, 2.05) is 0 Å². The van der Waals surface area contributed by atoms with Crippen molar-refractivity contribution >= 4 is 11.3 Å². The predicted molar refractivity (Wildman–Crippen MR) is 60.8 cm³/mol. The maximum absolute atomic E-state index is 10.0. The maximum atomic E-state index is 10.0. The van der Waals surface area contributed by atoms with Gasteiger partial charge in [0, 0.05) is 11.6 Å². The molecular weight excluding hydrogens is 226 g/mol. The van der Waals surface area contributed by atoms with Gasteiger partial charge in [-0.15, -0.1) is 11.3 Å². The molecule has 4 nitrogen and oxygen atoms in total. The Labute approximate surface area is 96.8 Å². The summed E-state index contributed by atoms with van der Waals surface area (Å²) in [6.45, 7) is 0. The van der Waals surface area contributed by atoms with Crippen molar-refractivity contribution in [1.82, 2.24) is 4.98 Å². The number of aliphatic hydroxyl groups excluding tert-OH is 1. The summed E-state index contributed by atoms with van der Waals surface area (Å²) in [6, 6.07) is 4.73. The number of phenolic OH excluding ortho intramolecular Hbond substituents is 1. The molecular formula is C11H11NO3S. The quantitative estimate of drug-likeness (QED) is 0.856. The van der Waals surface area contributed by atoms with Crippen LogP contribution in [0.1, 0.15) is 16.7 Å². The molecule has 0 radical (unpaired) electrons. The Morgan fingerprint density at radius 1 is 1.44 bits per heavy atom. The molecule has 16 heavy (non-hydrogen) atoms. The number of hydrogen-bond donors (Lipinski definition) is 2. The van der Waals surface area contributed by atoms with Crippen LogP contribution in [0.3, 0.4) is 0 Å². The number of methoxy groups -OCH3 is 1. The number of nitrogens with zero attached hydrogens (tertiary/aromatic N) is 1. The summed E-state index contributed by atoms with van der Waals surface area (Å²) >= 11 is 1.38. The number of thiazole rings is 1. The largest absolute Gasteiger partial charge is 0.504 e. The Hall–Kier alpha value is -1.59. The molecule has 0 bridgehead atoms. The highest BCUT2D eigenvalue weighted by atomic mass is 32.1. The second-order valence-electron chi connectivity index (χ2n) is 3.20. The fourth-order valence-electron chi connectivity index (χ4n) is 1.38. The molecule has 0 unspecified atom stereocenters. The van der Waals surface area contributed by atoms with E-state index in [-0.39, 0.29) is 5.75 Å². The highest BCUT2D eigenvalue weighted by Gasteiger charge is 2.14. The van der Waals surface area contributed by atoms with E-state index in [0.717, 1.165) is 0 Å². The molecule has 0 aliphatic rings. The van der Waals surface area contributed by atoms with E-state index in [1.54, 1.807) is 23.7 Å². The van der Waals surface area contributed by atoms with Gasteiger partial charge in [0.2, 0.25) is 0 Å². The average Bonchev–Trinajstić information content (AvgIpc) is 2.82. The molecule has 0 saturated carbocycles. The molecule has 1 atom stereocenters. The molecule has 5 heteroatoms. The minimum absolute atomic E-state index is 0.0533. The lowest BCUT2D eigenvalue weighted by Gasteiger charge is -2.10. The summed E-state index contributed by atoms with van der Waals surface area (Å²) in [5.41, 5.74) is 0.643. The number of benzene rings is 1. The molecule has 0 amide bonds. The van der Waals surface area contributed by atoms with Crippen molar-refractivity contribution in [3.05, 3.63) is 40.3 Å². The second kappa shape index (κ2) is 4.51. The van der Waals surface area contributed by atoms with Crippen LogP contribution in [0.4, 0.5) is 0 Å². The fraction of sp³-hybridized carbons (Fsp3) is 0.182. The third-order valence-corrected chi connectivity index (χ3v) is 3.03. The number of phenols is 1. The average molecular weight is 237 g/mol. The van der Waals surface area contributed by atoms with Crippen molar-refractivity contribution in [2.24, 2.45) is 0 Å². The van der Waals surface area contributed by atoms with Crippen LogP contribution in [0.15, 0.2) is 29.8 Å². The van der Waals surface area contributed by atoms with Crippen molar-refractivity contribution < 1.29 is 14.9 Å². The van der Waals surface area contributed by atoms with Gasteiger partial charge >= 0.3 is 0 Å². The Morgan fingerprint density at radius 2 is 2.25 bits per heavy atom. The smallest absolute Gasteiger partial charge is 0.160 e. The summed E-state index contributed by atoms with van der Waals surface area (Å²) in [7, 11) is 1.47. The van der Waals surface area contributed by atoms with Gasteiger partial charge in [0.15, 0.2) is 11.5 Å². The SMILES string of the molecule is COc1cc([C@H](O)c2nccs2)ccc1O. The predicted octanol–water partition coefficient (Wildman–Crippen LogP) is 1.94. The number of aromatic hydroxyl groups is 1. The molecule has 1 heterocycles. The van der Waals surface area contributed by atoms with E-state index < -0.39 is 6.10 Å². The van der Waals surface area contributed by atoms with Crippen molar-refractivity contribution in [3.63, 3.8) is 0 Å². The molecule has 0 aliphatic heterocycles. The molecule has 0 spiro atoms. The zero-order valence-corrected chi connectivity index (χ0v) is 9.44. The molecule has 2 N–H and O–H groups in total. The number of ether oxygens (including phenoxy) is 1. The molecule has 0 aliphatic carbocycles. The first-order chi connectivity index (χ1) is 7.72. The van der Waals surface area contributed by atoms with Crippen molar-refractivity contribution in [3.8, 4) is 11.5 Å². The van der Waals surface area contributed by atoms with Crippen LogP contribution in [-0.2, 0) is 0 Å². The molecule has 84 valence electrons. The third kappa shape index (κ3) is 2.00. The molecule has 0 fully saturated rings. The Balaban J connectivity index is 2.34. The summed E-state index contributed by atoms with van der Waals surface area (Å²) in [6.07, 6.45) is 0.857. The lowest BCUT2D eigenvalue weighted by molar-refractivity contribution is 0.219. The molecule has 1 aromatic heterocycles. The van der Waals surface area contributed by atoms with E-state index >= 15 is 0 Å². The normalized spacial score (nSPS) is 12.4. The van der Waals surface area contributed by atoms with Crippen LogP contribution in [0.25, 0.3) is 0 Å². The molecule has 0 saturated heterocycles. The first kappa shape index (κ1) is 10.9. The van der Waals surface area contributed by atoms with Gasteiger partial charge in [-0.25, -0.2) is 4.98 Å². The third-order valence-electron chi connectivity index (χ3n) is 2.20. The van der Waals surface area contributed by atoms with Crippen LogP contribution in [-0.4, -0.2) is 22.3 Å². The van der Waals surface area contributed by atoms with Gasteiger partial charge in [0.05, 0.1) is 7.11 Å². The second-order valence-corrected chi connectivity index (χ2v) is 4.13. The maximum Gasteiger partial charge on any atom is 0.160 e. The van der Waals surface area contributed by atoms with E-state index in [2.05, 4.69) is 4.98 Å². The van der Waals surface area contributed by atoms with E-state index in [1.165, 1.54) is 24.5 Å². The summed E-state index contributed by atoms with van der Waals surface area (Å²) in [5.74, 6) is 0.394. The summed E-state index contributed by atoms with van der Waals surface area (Å²) in [4.78, 5) is 4.04. The van der Waals surface area contributed by atoms with Gasteiger partial charge in [0.1, 0.15) is 11.1 Å². The first-order valence-corrected chi connectivity index (χ1v) is 5.54. The lowest BCUT2D eigenvalue weighted by atomic mass is 10.1. The minimum atomic E-state index is -0.783. The van der Waals surface area contributed by atoms with Crippen molar-refractivity contribution in [2.75, 3.05) is 7.11 Å². The van der Waals surface area contributed by atoms with Gasteiger partial charge in [-0.05, 0) is 17.7 Å². The van der Waals surface area contributed by atoms with Gasteiger partial charge in [-0.3, -0.25) is 0 Å². The molecule has 1 aromatic carbocycles. The molecule has 2 aromatic rings. The van der Waals surface area contributed by atoms with E-state index in [9.17, 15) is 10.2 Å². The topological polar surface area (TPSA) is 62.6 Å². The monoisotopic (exact) mass is 237 g/mol. The van der Waals surface area contributed by atoms with Gasteiger partial charge < -0.3 is 14.9 Å².